The summed E-state index contributed by atoms with van der Waals surface area (Å²) in [6.07, 6.45) is 9.28. The highest BCUT2D eigenvalue weighted by atomic mass is 127. The van der Waals surface area contributed by atoms with Crippen LogP contribution in [0.2, 0.25) is 0 Å². The van der Waals surface area contributed by atoms with Crippen LogP contribution in [0.5, 0.6) is 0 Å². The van der Waals surface area contributed by atoms with Gasteiger partial charge in [-0.3, -0.25) is 0 Å². The molecule has 1 fully saturated rings. The minimum absolute atomic E-state index is 0. The van der Waals surface area contributed by atoms with Crippen molar-refractivity contribution < 1.29 is 8.83 Å². The average molecular weight is 429 g/mol. The van der Waals surface area contributed by atoms with Crippen molar-refractivity contribution in [3.05, 3.63) is 48.3 Å². The first-order chi connectivity index (χ1) is 10.9. The lowest BCUT2D eigenvalue weighted by Crippen LogP contribution is -2.43. The summed E-state index contributed by atoms with van der Waals surface area (Å²) in [5.41, 5.74) is 0. The van der Waals surface area contributed by atoms with Crippen LogP contribution < -0.4 is 10.6 Å². The molecule has 0 bridgehead atoms. The maximum atomic E-state index is 5.35. The lowest BCUT2D eigenvalue weighted by molar-refractivity contribution is 0.503. The van der Waals surface area contributed by atoms with E-state index in [4.69, 9.17) is 8.83 Å². The van der Waals surface area contributed by atoms with E-state index < -0.39 is 0 Å². The molecule has 0 amide bonds. The Morgan fingerprint density at radius 3 is 2.43 bits per heavy atom. The fraction of sp³-hybridized carbons (Fsp3) is 0.471. The van der Waals surface area contributed by atoms with Crippen LogP contribution in [-0.2, 0) is 13.0 Å². The Labute approximate surface area is 153 Å². The maximum Gasteiger partial charge on any atom is 0.191 e. The molecule has 6 heteroatoms. The van der Waals surface area contributed by atoms with E-state index in [0.717, 1.165) is 30.4 Å². The summed E-state index contributed by atoms with van der Waals surface area (Å²) in [6.45, 7) is 1.35. The largest absolute Gasteiger partial charge is 0.469 e. The molecule has 0 radical (unpaired) electrons. The van der Waals surface area contributed by atoms with Crippen LogP contribution in [0.4, 0.5) is 0 Å². The van der Waals surface area contributed by atoms with Gasteiger partial charge in [0.1, 0.15) is 18.1 Å². The third-order valence-corrected chi connectivity index (χ3v) is 3.91. The second kappa shape index (κ2) is 9.64. The molecule has 0 aromatic carbocycles. The highest BCUT2D eigenvalue weighted by Gasteiger charge is 2.16. The van der Waals surface area contributed by atoms with Crippen LogP contribution in [0.25, 0.3) is 0 Å². The van der Waals surface area contributed by atoms with E-state index in [1.165, 1.54) is 25.7 Å². The summed E-state index contributed by atoms with van der Waals surface area (Å²) < 4.78 is 10.7. The zero-order valence-electron chi connectivity index (χ0n) is 13.2. The number of halogens is 1. The van der Waals surface area contributed by atoms with Gasteiger partial charge in [0.05, 0.1) is 12.5 Å². The van der Waals surface area contributed by atoms with E-state index in [9.17, 15) is 0 Å². The Bertz CT molecular complexity index is 561. The summed E-state index contributed by atoms with van der Waals surface area (Å²) in [7, 11) is 0. The van der Waals surface area contributed by atoms with Crippen molar-refractivity contribution in [3.63, 3.8) is 0 Å². The third-order valence-electron chi connectivity index (χ3n) is 3.91. The van der Waals surface area contributed by atoms with Gasteiger partial charge in [0.15, 0.2) is 5.96 Å². The topological polar surface area (TPSA) is 62.7 Å². The SMILES string of the molecule is I.c1coc(CCNC(=NCc2ccco2)NC2CCCC2)c1. The van der Waals surface area contributed by atoms with Gasteiger partial charge in [0, 0.05) is 19.0 Å². The summed E-state index contributed by atoms with van der Waals surface area (Å²) in [6, 6.07) is 8.27. The van der Waals surface area contributed by atoms with Crippen molar-refractivity contribution in [2.24, 2.45) is 4.99 Å². The molecule has 0 unspecified atom stereocenters. The predicted molar refractivity (Wildman–Crippen MR) is 101 cm³/mol. The number of guanidine groups is 1. The Morgan fingerprint density at radius 1 is 1.09 bits per heavy atom. The Morgan fingerprint density at radius 2 is 1.78 bits per heavy atom. The number of furan rings is 2. The minimum Gasteiger partial charge on any atom is -0.469 e. The standard InChI is InChI=1S/C17H23N3O2.HI/c1-2-6-14(5-1)20-17(19-13-16-8-4-12-22-16)18-10-9-15-7-3-11-21-15;/h3-4,7-8,11-12,14H,1-2,5-6,9-10,13H2,(H2,18,19,20);1H. The monoisotopic (exact) mass is 429 g/mol. The van der Waals surface area contributed by atoms with Crippen molar-refractivity contribution in [1.82, 2.24) is 10.6 Å². The summed E-state index contributed by atoms with van der Waals surface area (Å²) in [5, 5.41) is 6.91. The Kier molecular flexibility index (Phi) is 7.51. The van der Waals surface area contributed by atoms with Crippen LogP contribution >= 0.6 is 24.0 Å². The quantitative estimate of drug-likeness (QED) is 0.418. The van der Waals surface area contributed by atoms with E-state index in [1.54, 1.807) is 12.5 Å². The molecule has 1 aliphatic carbocycles. The summed E-state index contributed by atoms with van der Waals surface area (Å²) in [5.74, 6) is 2.71. The smallest absolute Gasteiger partial charge is 0.191 e. The molecule has 5 nitrogen and oxygen atoms in total. The lowest BCUT2D eigenvalue weighted by atomic mass is 10.2. The van der Waals surface area contributed by atoms with Crippen LogP contribution in [0.3, 0.4) is 0 Å². The van der Waals surface area contributed by atoms with E-state index in [1.807, 2.05) is 24.3 Å². The van der Waals surface area contributed by atoms with Crippen molar-refractivity contribution in [2.75, 3.05) is 6.54 Å². The molecule has 23 heavy (non-hydrogen) atoms. The van der Waals surface area contributed by atoms with Gasteiger partial charge >= 0.3 is 0 Å². The predicted octanol–water partition coefficient (Wildman–Crippen LogP) is 3.71. The summed E-state index contributed by atoms with van der Waals surface area (Å²) >= 11 is 0. The molecule has 0 saturated heterocycles. The zero-order chi connectivity index (χ0) is 15.0. The van der Waals surface area contributed by atoms with E-state index in [0.29, 0.717) is 12.6 Å². The van der Waals surface area contributed by atoms with E-state index >= 15 is 0 Å². The van der Waals surface area contributed by atoms with Crippen molar-refractivity contribution in [1.29, 1.82) is 0 Å². The van der Waals surface area contributed by atoms with Gasteiger partial charge in [-0.15, -0.1) is 24.0 Å². The first kappa shape index (κ1) is 17.9. The molecule has 126 valence electrons. The number of nitrogens with one attached hydrogen (secondary N) is 2. The van der Waals surface area contributed by atoms with Gasteiger partial charge < -0.3 is 19.5 Å². The first-order valence-corrected chi connectivity index (χ1v) is 8.00. The normalized spacial score (nSPS) is 15.4. The fourth-order valence-electron chi connectivity index (χ4n) is 2.73. The molecule has 2 heterocycles. The molecule has 2 aromatic heterocycles. The van der Waals surface area contributed by atoms with Gasteiger partial charge in [-0.05, 0) is 37.1 Å². The number of nitrogens with zero attached hydrogens (tertiary/aromatic N) is 1. The first-order valence-electron chi connectivity index (χ1n) is 8.00. The molecular formula is C17H24IN3O2. The highest BCUT2D eigenvalue weighted by molar-refractivity contribution is 14.0. The fourth-order valence-corrected chi connectivity index (χ4v) is 2.73. The van der Waals surface area contributed by atoms with E-state index in [-0.39, 0.29) is 24.0 Å². The number of rotatable bonds is 6. The van der Waals surface area contributed by atoms with Crippen LogP contribution in [0.15, 0.2) is 50.6 Å². The number of hydrogen-bond acceptors (Lipinski definition) is 3. The van der Waals surface area contributed by atoms with Gasteiger partial charge in [0.25, 0.3) is 0 Å². The van der Waals surface area contributed by atoms with Crippen LogP contribution in [0.1, 0.15) is 37.2 Å². The molecule has 3 rings (SSSR count). The minimum atomic E-state index is 0. The van der Waals surface area contributed by atoms with Gasteiger partial charge in [-0.1, -0.05) is 12.8 Å². The molecule has 2 aromatic rings. The highest BCUT2D eigenvalue weighted by Crippen LogP contribution is 2.17. The molecule has 0 spiro atoms. The van der Waals surface area contributed by atoms with Gasteiger partial charge in [-0.25, -0.2) is 4.99 Å². The lowest BCUT2D eigenvalue weighted by Gasteiger charge is -2.17. The van der Waals surface area contributed by atoms with Crippen molar-refractivity contribution in [3.8, 4) is 0 Å². The molecule has 1 saturated carbocycles. The molecule has 0 aliphatic heterocycles. The zero-order valence-corrected chi connectivity index (χ0v) is 15.5. The summed E-state index contributed by atoms with van der Waals surface area (Å²) in [4.78, 5) is 4.62. The van der Waals surface area contributed by atoms with Crippen molar-refractivity contribution >= 4 is 29.9 Å². The molecular weight excluding hydrogens is 405 g/mol. The average Bonchev–Trinajstić information content (AvgIpc) is 3.28. The Balaban J connectivity index is 0.00000192. The molecule has 0 atom stereocenters. The molecule has 2 N–H and O–H groups in total. The Hall–Kier alpha value is -1.44. The van der Waals surface area contributed by atoms with E-state index in [2.05, 4.69) is 15.6 Å². The van der Waals surface area contributed by atoms with Crippen LogP contribution in [-0.4, -0.2) is 18.5 Å². The second-order valence-electron chi connectivity index (χ2n) is 5.63. The second-order valence-corrected chi connectivity index (χ2v) is 5.63. The maximum absolute atomic E-state index is 5.35. The molecule has 1 aliphatic rings. The van der Waals surface area contributed by atoms with Crippen LogP contribution in [0, 0.1) is 0 Å². The van der Waals surface area contributed by atoms with Crippen molar-refractivity contribution in [2.45, 2.75) is 44.7 Å². The number of hydrogen-bond donors (Lipinski definition) is 2. The third kappa shape index (κ3) is 5.93. The van der Waals surface area contributed by atoms with Gasteiger partial charge in [0.2, 0.25) is 0 Å². The van der Waals surface area contributed by atoms with Gasteiger partial charge in [-0.2, -0.15) is 0 Å². The number of aliphatic imine (C=N–C) groups is 1.